The normalized spacial score (nSPS) is 12.8. The van der Waals surface area contributed by atoms with Crippen LogP contribution < -0.4 is 10.1 Å². The fourth-order valence-corrected chi connectivity index (χ4v) is 1.93. The summed E-state index contributed by atoms with van der Waals surface area (Å²) in [7, 11) is 0. The van der Waals surface area contributed by atoms with Gasteiger partial charge in [-0.2, -0.15) is 0 Å². The Balaban J connectivity index is 2.01. The molecule has 2 N–H and O–H groups in total. The molecule has 0 saturated carbocycles. The molecule has 118 valence electrons. The van der Waals surface area contributed by atoms with Gasteiger partial charge in [0.2, 0.25) is 0 Å². The predicted molar refractivity (Wildman–Crippen MR) is 88.6 cm³/mol. The van der Waals surface area contributed by atoms with Gasteiger partial charge >= 0.3 is 0 Å². The number of aryl methyl sites for hydroxylation is 1. The number of hydrogen-bond donors (Lipinski definition) is 2. The summed E-state index contributed by atoms with van der Waals surface area (Å²) in [5.74, 6) is 0.0150. The fourth-order valence-electron chi connectivity index (χ4n) is 1.93. The molecule has 5 heteroatoms. The Bertz CT molecular complexity index is 734. The molecular formula is C18H18N2O3. The lowest BCUT2D eigenvalue weighted by molar-refractivity contribution is -0.135. The van der Waals surface area contributed by atoms with E-state index in [2.05, 4.69) is 10.2 Å². The number of ether oxygens (including phenoxy) is 1. The lowest BCUT2D eigenvalue weighted by Gasteiger charge is -2.22. The van der Waals surface area contributed by atoms with Crippen molar-refractivity contribution in [1.82, 2.24) is 0 Å². The second-order valence-corrected chi connectivity index (χ2v) is 5.44. The van der Waals surface area contributed by atoms with Crippen LogP contribution in [0.4, 0.5) is 11.4 Å². The molecule has 0 aromatic heterocycles. The molecule has 0 aliphatic rings. The average Bonchev–Trinajstić information content (AvgIpc) is 2.54. The Morgan fingerprint density at radius 1 is 1.30 bits per heavy atom. The molecule has 0 fully saturated rings. The summed E-state index contributed by atoms with van der Waals surface area (Å²) >= 11 is 0. The summed E-state index contributed by atoms with van der Waals surface area (Å²) < 4.78 is 5.44. The van der Waals surface area contributed by atoms with Crippen LogP contribution >= 0.6 is 0 Å². The Morgan fingerprint density at radius 3 is 2.61 bits per heavy atom. The number of aliphatic hydroxyl groups is 1. The smallest absolute Gasteiger partial charge is 0.259 e. The van der Waals surface area contributed by atoms with E-state index in [0.29, 0.717) is 17.1 Å². The predicted octanol–water partition coefficient (Wildman–Crippen LogP) is 3.31. The number of carbonyl (C=O) groups excluding carboxylic acids is 1. The summed E-state index contributed by atoms with van der Waals surface area (Å²) in [6.07, 6.45) is 0. The minimum atomic E-state index is -1.68. The number of nitrogens with zero attached hydrogens (tertiary/aromatic N) is 1. The van der Waals surface area contributed by atoms with Gasteiger partial charge in [0, 0.05) is 5.69 Å². The molecule has 0 radical (unpaired) electrons. The molecule has 0 saturated heterocycles. The first-order valence-corrected chi connectivity index (χ1v) is 7.12. The van der Waals surface area contributed by atoms with E-state index in [0.717, 1.165) is 5.56 Å². The minimum absolute atomic E-state index is 0.165. The van der Waals surface area contributed by atoms with Crippen molar-refractivity contribution in [2.24, 2.45) is 0 Å². The van der Waals surface area contributed by atoms with Crippen LogP contribution in [0, 0.1) is 13.5 Å². The highest BCUT2D eigenvalue weighted by molar-refractivity contribution is 5.97. The quantitative estimate of drug-likeness (QED) is 0.833. The van der Waals surface area contributed by atoms with Gasteiger partial charge in [0.15, 0.2) is 11.3 Å². The van der Waals surface area contributed by atoms with Gasteiger partial charge in [0.25, 0.3) is 5.91 Å². The molecule has 2 rings (SSSR count). The molecule has 0 aliphatic heterocycles. The molecule has 0 unspecified atom stereocenters. The fraction of sp³-hybridized carbons (Fsp3) is 0.222. The number of hydrogen-bond acceptors (Lipinski definition) is 3. The topological polar surface area (TPSA) is 62.9 Å². The second kappa shape index (κ2) is 6.95. The first-order valence-electron chi connectivity index (χ1n) is 7.12. The molecule has 0 heterocycles. The van der Waals surface area contributed by atoms with E-state index in [1.165, 1.54) is 6.92 Å². The van der Waals surface area contributed by atoms with E-state index in [4.69, 9.17) is 11.3 Å². The van der Waals surface area contributed by atoms with Gasteiger partial charge in [0.1, 0.15) is 12.4 Å². The van der Waals surface area contributed by atoms with Gasteiger partial charge in [0.05, 0.1) is 6.57 Å². The number of rotatable bonds is 5. The lowest BCUT2D eigenvalue weighted by Crippen LogP contribution is -2.45. The van der Waals surface area contributed by atoms with Gasteiger partial charge in [-0.1, -0.05) is 24.3 Å². The third-order valence-electron chi connectivity index (χ3n) is 3.33. The van der Waals surface area contributed by atoms with Crippen molar-refractivity contribution in [3.63, 3.8) is 0 Å². The standard InChI is InChI=1S/C18H18N2O3/c1-13-11-14(9-10-16(13)19-3)20-17(21)18(2,22)12-23-15-7-5-4-6-8-15/h4-11,22H,12H2,1-2H3,(H,20,21)/t18-/m0/s1. The van der Waals surface area contributed by atoms with Crippen molar-refractivity contribution in [2.75, 3.05) is 11.9 Å². The Kier molecular flexibility index (Phi) is 4.99. The molecule has 2 aromatic carbocycles. The molecule has 2 aromatic rings. The van der Waals surface area contributed by atoms with Crippen LogP contribution in [0.1, 0.15) is 12.5 Å². The largest absolute Gasteiger partial charge is 0.490 e. The number of carbonyl (C=O) groups is 1. The monoisotopic (exact) mass is 310 g/mol. The third kappa shape index (κ3) is 4.31. The number of nitrogens with one attached hydrogen (secondary N) is 1. The second-order valence-electron chi connectivity index (χ2n) is 5.44. The Hall–Kier alpha value is -2.84. The zero-order valence-electron chi connectivity index (χ0n) is 13.0. The molecule has 1 amide bonds. The maximum absolute atomic E-state index is 12.2. The highest BCUT2D eigenvalue weighted by Crippen LogP contribution is 2.23. The molecular weight excluding hydrogens is 292 g/mol. The Labute approximate surface area is 135 Å². The lowest BCUT2D eigenvalue weighted by atomic mass is 10.1. The van der Waals surface area contributed by atoms with Crippen LogP contribution in [0.2, 0.25) is 0 Å². The van der Waals surface area contributed by atoms with Crippen LogP contribution in [0.15, 0.2) is 48.5 Å². The van der Waals surface area contributed by atoms with Crippen LogP contribution in [0.3, 0.4) is 0 Å². The van der Waals surface area contributed by atoms with E-state index < -0.39 is 11.5 Å². The first-order chi connectivity index (χ1) is 10.9. The van der Waals surface area contributed by atoms with E-state index in [1.807, 2.05) is 18.2 Å². The van der Waals surface area contributed by atoms with Crippen molar-refractivity contribution < 1.29 is 14.6 Å². The number of anilines is 1. The zero-order valence-corrected chi connectivity index (χ0v) is 13.0. The maximum atomic E-state index is 12.2. The van der Waals surface area contributed by atoms with Crippen LogP contribution in [-0.4, -0.2) is 23.2 Å². The summed E-state index contributed by atoms with van der Waals surface area (Å²) in [5, 5.41) is 12.9. The molecule has 5 nitrogen and oxygen atoms in total. The van der Waals surface area contributed by atoms with E-state index in [1.54, 1.807) is 37.3 Å². The number of para-hydroxylation sites is 1. The van der Waals surface area contributed by atoms with Gasteiger partial charge < -0.3 is 15.2 Å². The molecule has 0 spiro atoms. The third-order valence-corrected chi connectivity index (χ3v) is 3.33. The van der Waals surface area contributed by atoms with Gasteiger partial charge in [-0.15, -0.1) is 0 Å². The van der Waals surface area contributed by atoms with E-state index >= 15 is 0 Å². The SMILES string of the molecule is [C-]#[N+]c1ccc(NC(=O)[C@@](C)(O)COc2ccccc2)cc1C. The molecule has 0 aliphatic carbocycles. The molecule has 1 atom stereocenters. The van der Waals surface area contributed by atoms with Crippen molar-refractivity contribution >= 4 is 17.3 Å². The molecule has 0 bridgehead atoms. The summed E-state index contributed by atoms with van der Waals surface area (Å²) in [4.78, 5) is 15.6. The summed E-state index contributed by atoms with van der Waals surface area (Å²) in [6, 6.07) is 13.9. The molecule has 23 heavy (non-hydrogen) atoms. The van der Waals surface area contributed by atoms with Crippen LogP contribution in [-0.2, 0) is 4.79 Å². The van der Waals surface area contributed by atoms with Crippen molar-refractivity contribution in [3.05, 3.63) is 65.5 Å². The van der Waals surface area contributed by atoms with Crippen molar-refractivity contribution in [3.8, 4) is 5.75 Å². The zero-order chi connectivity index (χ0) is 16.9. The maximum Gasteiger partial charge on any atom is 0.259 e. The highest BCUT2D eigenvalue weighted by atomic mass is 16.5. The minimum Gasteiger partial charge on any atom is -0.490 e. The van der Waals surface area contributed by atoms with Crippen LogP contribution in [0.25, 0.3) is 4.85 Å². The average molecular weight is 310 g/mol. The van der Waals surface area contributed by atoms with E-state index in [-0.39, 0.29) is 6.61 Å². The summed E-state index contributed by atoms with van der Waals surface area (Å²) in [6.45, 7) is 10.0. The first kappa shape index (κ1) is 16.5. The van der Waals surface area contributed by atoms with Crippen molar-refractivity contribution in [1.29, 1.82) is 0 Å². The van der Waals surface area contributed by atoms with Crippen molar-refractivity contribution in [2.45, 2.75) is 19.4 Å². The van der Waals surface area contributed by atoms with Gasteiger partial charge in [-0.05, 0) is 43.7 Å². The van der Waals surface area contributed by atoms with Gasteiger partial charge in [-0.3, -0.25) is 4.79 Å². The highest BCUT2D eigenvalue weighted by Gasteiger charge is 2.31. The number of benzene rings is 2. The van der Waals surface area contributed by atoms with E-state index in [9.17, 15) is 9.90 Å². The summed E-state index contributed by atoms with van der Waals surface area (Å²) in [5.41, 5.74) is 0.141. The van der Waals surface area contributed by atoms with Gasteiger partial charge in [-0.25, -0.2) is 4.85 Å². The van der Waals surface area contributed by atoms with Crippen LogP contribution in [0.5, 0.6) is 5.75 Å². The number of amides is 1. The Morgan fingerprint density at radius 2 is 2.00 bits per heavy atom.